The first-order valence-corrected chi connectivity index (χ1v) is 6.58. The molecule has 1 N–H and O–H groups in total. The first-order valence-electron chi connectivity index (χ1n) is 6.58. The van der Waals surface area contributed by atoms with Crippen molar-refractivity contribution in [3.8, 4) is 0 Å². The minimum absolute atomic E-state index is 0.433. The molecule has 2 heterocycles. The highest BCUT2D eigenvalue weighted by molar-refractivity contribution is 5.10. The van der Waals surface area contributed by atoms with Gasteiger partial charge in [-0.05, 0) is 19.4 Å². The molecule has 4 nitrogen and oxygen atoms in total. The van der Waals surface area contributed by atoms with E-state index in [2.05, 4.69) is 21.8 Å². The first-order chi connectivity index (χ1) is 8.36. The molecule has 0 amide bonds. The van der Waals surface area contributed by atoms with E-state index in [0.29, 0.717) is 12.0 Å². The quantitative estimate of drug-likeness (QED) is 0.822. The highest BCUT2D eigenvalue weighted by Crippen LogP contribution is 2.26. The topological polar surface area (TPSA) is 39.1 Å². The largest absolute Gasteiger partial charge is 0.383 e. The van der Waals surface area contributed by atoms with Crippen LogP contribution in [0.5, 0.6) is 0 Å². The van der Waals surface area contributed by atoms with Gasteiger partial charge in [0.15, 0.2) is 0 Å². The summed E-state index contributed by atoms with van der Waals surface area (Å²) >= 11 is 0. The monoisotopic (exact) mass is 237 g/mol. The Morgan fingerprint density at radius 1 is 1.65 bits per heavy atom. The number of ether oxygens (including phenoxy) is 1. The van der Waals surface area contributed by atoms with Gasteiger partial charge in [0.2, 0.25) is 0 Å². The van der Waals surface area contributed by atoms with E-state index < -0.39 is 0 Å². The molecule has 1 aromatic heterocycles. The number of aromatic nitrogens is 2. The second-order valence-corrected chi connectivity index (χ2v) is 4.81. The third-order valence-corrected chi connectivity index (χ3v) is 3.55. The van der Waals surface area contributed by atoms with Crippen LogP contribution in [0.15, 0.2) is 12.5 Å². The molecule has 1 aliphatic heterocycles. The third kappa shape index (κ3) is 2.87. The lowest BCUT2D eigenvalue weighted by molar-refractivity contribution is 0.148. The fourth-order valence-corrected chi connectivity index (χ4v) is 2.67. The number of hydrogen-bond donors (Lipinski definition) is 1. The summed E-state index contributed by atoms with van der Waals surface area (Å²) in [6, 6.07) is 0.433. The summed E-state index contributed by atoms with van der Waals surface area (Å²) in [6.07, 6.45) is 7.53. The first kappa shape index (κ1) is 12.6. The highest BCUT2D eigenvalue weighted by Gasteiger charge is 2.22. The molecule has 0 saturated carbocycles. The summed E-state index contributed by atoms with van der Waals surface area (Å²) in [7, 11) is 1.77. The average Bonchev–Trinajstić information content (AvgIpc) is 2.99. The van der Waals surface area contributed by atoms with Crippen LogP contribution in [-0.4, -0.2) is 36.4 Å². The molecule has 1 saturated heterocycles. The molecule has 1 aromatic rings. The van der Waals surface area contributed by atoms with Gasteiger partial charge in [0.25, 0.3) is 0 Å². The molecular formula is C13H23N3O. The van der Waals surface area contributed by atoms with Crippen LogP contribution in [0, 0.1) is 0 Å². The lowest BCUT2D eigenvalue weighted by Gasteiger charge is -2.22. The number of rotatable bonds is 6. The lowest BCUT2D eigenvalue weighted by Crippen LogP contribution is -2.19. The summed E-state index contributed by atoms with van der Waals surface area (Å²) in [5.74, 6) is 0.619. The summed E-state index contributed by atoms with van der Waals surface area (Å²) in [5.41, 5.74) is 1.37. The second-order valence-electron chi connectivity index (χ2n) is 4.81. The standard InChI is InChI=1S/C13H23N3O/c1-3-4-12(9-17-2)16-10-15-8-13(16)11-5-6-14-7-11/h8,10-12,14H,3-7,9H2,1-2H3. The van der Waals surface area contributed by atoms with E-state index in [1.165, 1.54) is 18.5 Å². The number of imidazole rings is 1. The Bertz CT molecular complexity index is 325. The van der Waals surface area contributed by atoms with Crippen LogP contribution in [0.2, 0.25) is 0 Å². The van der Waals surface area contributed by atoms with Crippen molar-refractivity contribution in [3.05, 3.63) is 18.2 Å². The van der Waals surface area contributed by atoms with Crippen LogP contribution < -0.4 is 5.32 Å². The second kappa shape index (κ2) is 6.17. The van der Waals surface area contributed by atoms with E-state index in [-0.39, 0.29) is 0 Å². The van der Waals surface area contributed by atoms with Crippen LogP contribution in [0.3, 0.4) is 0 Å². The van der Waals surface area contributed by atoms with Crippen LogP contribution in [0.1, 0.15) is 43.8 Å². The van der Waals surface area contributed by atoms with Gasteiger partial charge in [-0.15, -0.1) is 0 Å². The minimum atomic E-state index is 0.433. The molecule has 0 aliphatic carbocycles. The Morgan fingerprint density at radius 2 is 2.53 bits per heavy atom. The van der Waals surface area contributed by atoms with Gasteiger partial charge in [-0.2, -0.15) is 0 Å². The molecule has 1 aliphatic rings. The molecule has 2 unspecified atom stereocenters. The molecular weight excluding hydrogens is 214 g/mol. The fourth-order valence-electron chi connectivity index (χ4n) is 2.67. The fraction of sp³-hybridized carbons (Fsp3) is 0.769. The van der Waals surface area contributed by atoms with Crippen molar-refractivity contribution in [2.45, 2.75) is 38.1 Å². The highest BCUT2D eigenvalue weighted by atomic mass is 16.5. The lowest BCUT2D eigenvalue weighted by atomic mass is 10.0. The van der Waals surface area contributed by atoms with E-state index in [9.17, 15) is 0 Å². The zero-order chi connectivity index (χ0) is 12.1. The maximum absolute atomic E-state index is 5.33. The third-order valence-electron chi connectivity index (χ3n) is 3.55. The van der Waals surface area contributed by atoms with Gasteiger partial charge in [0, 0.05) is 31.5 Å². The van der Waals surface area contributed by atoms with Crippen LogP contribution in [-0.2, 0) is 4.74 Å². The van der Waals surface area contributed by atoms with Gasteiger partial charge < -0.3 is 14.6 Å². The Balaban J connectivity index is 2.14. The Labute approximate surface area is 103 Å². The molecule has 2 rings (SSSR count). The van der Waals surface area contributed by atoms with Crippen molar-refractivity contribution in [2.75, 3.05) is 26.8 Å². The Hall–Kier alpha value is -0.870. The van der Waals surface area contributed by atoms with Gasteiger partial charge in [-0.1, -0.05) is 13.3 Å². The van der Waals surface area contributed by atoms with Crippen molar-refractivity contribution in [2.24, 2.45) is 0 Å². The molecule has 0 radical (unpaired) electrons. The normalized spacial score (nSPS) is 21.9. The Morgan fingerprint density at radius 3 is 3.18 bits per heavy atom. The molecule has 0 aromatic carbocycles. The molecule has 4 heteroatoms. The van der Waals surface area contributed by atoms with E-state index in [4.69, 9.17) is 4.74 Å². The molecule has 17 heavy (non-hydrogen) atoms. The SMILES string of the molecule is CCCC(COC)n1cncc1C1CCNC1. The minimum Gasteiger partial charge on any atom is -0.383 e. The smallest absolute Gasteiger partial charge is 0.0951 e. The van der Waals surface area contributed by atoms with Crippen molar-refractivity contribution in [3.63, 3.8) is 0 Å². The molecule has 96 valence electrons. The maximum atomic E-state index is 5.33. The van der Waals surface area contributed by atoms with Crippen LogP contribution in [0.25, 0.3) is 0 Å². The number of nitrogens with zero attached hydrogens (tertiary/aromatic N) is 2. The maximum Gasteiger partial charge on any atom is 0.0951 e. The summed E-state index contributed by atoms with van der Waals surface area (Å²) < 4.78 is 7.66. The van der Waals surface area contributed by atoms with Crippen molar-refractivity contribution >= 4 is 0 Å². The number of hydrogen-bond acceptors (Lipinski definition) is 3. The molecule has 0 spiro atoms. The predicted octanol–water partition coefficient (Wildman–Crippen LogP) is 1.95. The summed E-state index contributed by atoms with van der Waals surface area (Å²) in [5, 5.41) is 3.42. The van der Waals surface area contributed by atoms with E-state index in [1.54, 1.807) is 7.11 Å². The number of methoxy groups -OCH3 is 1. The van der Waals surface area contributed by atoms with E-state index in [0.717, 1.165) is 26.1 Å². The van der Waals surface area contributed by atoms with E-state index in [1.807, 2.05) is 12.5 Å². The van der Waals surface area contributed by atoms with E-state index >= 15 is 0 Å². The zero-order valence-electron chi connectivity index (χ0n) is 10.9. The van der Waals surface area contributed by atoms with Crippen LogP contribution in [0.4, 0.5) is 0 Å². The van der Waals surface area contributed by atoms with Gasteiger partial charge in [-0.3, -0.25) is 0 Å². The van der Waals surface area contributed by atoms with Gasteiger partial charge in [-0.25, -0.2) is 4.98 Å². The predicted molar refractivity (Wildman–Crippen MR) is 68.3 cm³/mol. The molecule has 0 bridgehead atoms. The van der Waals surface area contributed by atoms with Crippen molar-refractivity contribution < 1.29 is 4.74 Å². The summed E-state index contributed by atoms with van der Waals surface area (Å²) in [6.45, 7) is 5.20. The Kier molecular flexibility index (Phi) is 4.57. The molecule has 2 atom stereocenters. The van der Waals surface area contributed by atoms with Gasteiger partial charge in [0.1, 0.15) is 0 Å². The average molecular weight is 237 g/mol. The molecule has 1 fully saturated rings. The van der Waals surface area contributed by atoms with Crippen LogP contribution >= 0.6 is 0 Å². The summed E-state index contributed by atoms with van der Waals surface area (Å²) in [4.78, 5) is 4.33. The zero-order valence-corrected chi connectivity index (χ0v) is 10.9. The van der Waals surface area contributed by atoms with Crippen molar-refractivity contribution in [1.82, 2.24) is 14.9 Å². The van der Waals surface area contributed by atoms with Gasteiger partial charge in [0.05, 0.1) is 19.0 Å². The van der Waals surface area contributed by atoms with Gasteiger partial charge >= 0.3 is 0 Å². The van der Waals surface area contributed by atoms with Crippen molar-refractivity contribution in [1.29, 1.82) is 0 Å². The number of nitrogens with one attached hydrogen (secondary N) is 1.